The molecule has 0 saturated heterocycles. The fourth-order valence-electron chi connectivity index (χ4n) is 1.85. The summed E-state index contributed by atoms with van der Waals surface area (Å²) >= 11 is 0. The van der Waals surface area contributed by atoms with E-state index in [9.17, 15) is 9.59 Å². The van der Waals surface area contributed by atoms with Crippen LogP contribution in [0.4, 0.5) is 5.69 Å². The number of carbonyl (C=O) groups is 2. The van der Waals surface area contributed by atoms with E-state index in [1.165, 1.54) is 0 Å². The third-order valence-electron chi connectivity index (χ3n) is 2.85. The van der Waals surface area contributed by atoms with Crippen LogP contribution in [0.15, 0.2) is 30.3 Å². The van der Waals surface area contributed by atoms with Crippen molar-refractivity contribution < 1.29 is 14.7 Å². The zero-order valence-electron chi connectivity index (χ0n) is 11.8. The van der Waals surface area contributed by atoms with Gasteiger partial charge < -0.3 is 15.3 Å². The molecule has 1 amide bonds. The molecule has 5 heteroatoms. The zero-order valence-corrected chi connectivity index (χ0v) is 11.8. The first-order valence-electron chi connectivity index (χ1n) is 6.92. The maximum atomic E-state index is 11.8. The van der Waals surface area contributed by atoms with Crippen LogP contribution in [0.1, 0.15) is 26.2 Å². The molecular weight excluding hydrogens is 256 g/mol. The SMILES string of the molecule is CCCNC(=O)CN(CCCC(=O)O)c1ccccc1. The standard InChI is InChI=1S/C15H22N2O3/c1-2-10-16-14(18)12-17(11-6-9-15(19)20)13-7-4-3-5-8-13/h3-5,7-8H,2,6,9-12H2,1H3,(H,16,18)(H,19,20). The molecule has 0 unspecified atom stereocenters. The van der Waals surface area contributed by atoms with Crippen molar-refractivity contribution >= 4 is 17.6 Å². The van der Waals surface area contributed by atoms with E-state index in [2.05, 4.69) is 5.32 Å². The lowest BCUT2D eigenvalue weighted by Crippen LogP contribution is -2.38. The molecule has 0 aliphatic rings. The second-order valence-corrected chi connectivity index (χ2v) is 4.60. The van der Waals surface area contributed by atoms with Gasteiger partial charge in [-0.2, -0.15) is 0 Å². The Hall–Kier alpha value is -2.04. The number of para-hydroxylation sites is 1. The van der Waals surface area contributed by atoms with Crippen molar-refractivity contribution in [2.75, 3.05) is 24.5 Å². The van der Waals surface area contributed by atoms with Gasteiger partial charge in [-0.05, 0) is 25.0 Å². The molecule has 2 N–H and O–H groups in total. The summed E-state index contributed by atoms with van der Waals surface area (Å²) in [4.78, 5) is 24.3. The summed E-state index contributed by atoms with van der Waals surface area (Å²) < 4.78 is 0. The number of anilines is 1. The smallest absolute Gasteiger partial charge is 0.303 e. The van der Waals surface area contributed by atoms with Crippen molar-refractivity contribution in [2.45, 2.75) is 26.2 Å². The Morgan fingerprint density at radius 2 is 1.95 bits per heavy atom. The van der Waals surface area contributed by atoms with Crippen molar-refractivity contribution in [3.63, 3.8) is 0 Å². The maximum absolute atomic E-state index is 11.8. The van der Waals surface area contributed by atoms with Gasteiger partial charge in [-0.15, -0.1) is 0 Å². The number of carboxylic acids is 1. The highest BCUT2D eigenvalue weighted by molar-refractivity contribution is 5.81. The van der Waals surface area contributed by atoms with Crippen LogP contribution in [0.3, 0.4) is 0 Å². The Balaban J connectivity index is 2.59. The first-order valence-corrected chi connectivity index (χ1v) is 6.92. The summed E-state index contributed by atoms with van der Waals surface area (Å²) in [5.41, 5.74) is 0.935. The molecule has 0 aliphatic heterocycles. The molecule has 1 aromatic rings. The Morgan fingerprint density at radius 3 is 2.55 bits per heavy atom. The predicted octanol–water partition coefficient (Wildman–Crippen LogP) is 1.88. The van der Waals surface area contributed by atoms with Crippen LogP contribution < -0.4 is 10.2 Å². The third-order valence-corrected chi connectivity index (χ3v) is 2.85. The van der Waals surface area contributed by atoms with Crippen LogP contribution in [0.25, 0.3) is 0 Å². The van der Waals surface area contributed by atoms with Gasteiger partial charge in [-0.3, -0.25) is 9.59 Å². The molecule has 0 aliphatic carbocycles. The normalized spacial score (nSPS) is 10.1. The van der Waals surface area contributed by atoms with E-state index in [-0.39, 0.29) is 18.9 Å². The minimum absolute atomic E-state index is 0.0361. The fraction of sp³-hybridized carbons (Fsp3) is 0.467. The Morgan fingerprint density at radius 1 is 1.25 bits per heavy atom. The van der Waals surface area contributed by atoms with Gasteiger partial charge in [-0.1, -0.05) is 25.1 Å². The third kappa shape index (κ3) is 6.22. The quantitative estimate of drug-likeness (QED) is 0.723. The number of hydrogen-bond acceptors (Lipinski definition) is 3. The number of nitrogens with zero attached hydrogens (tertiary/aromatic N) is 1. The highest BCUT2D eigenvalue weighted by atomic mass is 16.4. The summed E-state index contributed by atoms with van der Waals surface area (Å²) in [6.45, 7) is 3.47. The lowest BCUT2D eigenvalue weighted by atomic mass is 10.2. The van der Waals surface area contributed by atoms with Crippen LogP contribution in [0, 0.1) is 0 Å². The fourth-order valence-corrected chi connectivity index (χ4v) is 1.85. The van der Waals surface area contributed by atoms with Gasteiger partial charge in [0, 0.05) is 25.2 Å². The van der Waals surface area contributed by atoms with Crippen molar-refractivity contribution in [1.29, 1.82) is 0 Å². The summed E-state index contributed by atoms with van der Waals surface area (Å²) in [6, 6.07) is 9.57. The highest BCUT2D eigenvalue weighted by Crippen LogP contribution is 2.13. The highest BCUT2D eigenvalue weighted by Gasteiger charge is 2.11. The molecule has 20 heavy (non-hydrogen) atoms. The molecule has 0 radical (unpaired) electrons. The monoisotopic (exact) mass is 278 g/mol. The second kappa shape index (κ2) is 8.96. The van der Waals surface area contributed by atoms with E-state index in [0.29, 0.717) is 19.5 Å². The van der Waals surface area contributed by atoms with Crippen molar-refractivity contribution in [3.8, 4) is 0 Å². The first kappa shape index (κ1) is 16.0. The van der Waals surface area contributed by atoms with Crippen LogP contribution in [-0.2, 0) is 9.59 Å². The number of rotatable bonds is 9. The summed E-state index contributed by atoms with van der Waals surface area (Å²) in [7, 11) is 0. The Bertz CT molecular complexity index is 420. The average Bonchev–Trinajstić information content (AvgIpc) is 2.44. The van der Waals surface area contributed by atoms with Crippen molar-refractivity contribution in [3.05, 3.63) is 30.3 Å². The summed E-state index contributed by atoms with van der Waals surface area (Å²) in [5, 5.41) is 11.5. The number of nitrogens with one attached hydrogen (secondary N) is 1. The van der Waals surface area contributed by atoms with E-state index in [0.717, 1.165) is 12.1 Å². The molecule has 0 spiro atoms. The Kier molecular flexibility index (Phi) is 7.17. The van der Waals surface area contributed by atoms with Gasteiger partial charge in [0.05, 0.1) is 6.54 Å². The maximum Gasteiger partial charge on any atom is 0.303 e. The lowest BCUT2D eigenvalue weighted by molar-refractivity contribution is -0.137. The average molecular weight is 278 g/mol. The molecule has 0 atom stereocenters. The summed E-state index contributed by atoms with van der Waals surface area (Å²) in [6.07, 6.45) is 1.53. The first-order chi connectivity index (χ1) is 9.63. The van der Waals surface area contributed by atoms with Gasteiger partial charge >= 0.3 is 5.97 Å². The molecule has 0 aromatic heterocycles. The lowest BCUT2D eigenvalue weighted by Gasteiger charge is -2.24. The molecule has 5 nitrogen and oxygen atoms in total. The topological polar surface area (TPSA) is 69.6 Å². The zero-order chi connectivity index (χ0) is 14.8. The van der Waals surface area contributed by atoms with Gasteiger partial charge in [-0.25, -0.2) is 0 Å². The number of aliphatic carboxylic acids is 1. The van der Waals surface area contributed by atoms with Crippen LogP contribution in [0.5, 0.6) is 0 Å². The van der Waals surface area contributed by atoms with Crippen LogP contribution in [-0.4, -0.2) is 36.6 Å². The van der Waals surface area contributed by atoms with Gasteiger partial charge in [0.15, 0.2) is 0 Å². The van der Waals surface area contributed by atoms with Crippen LogP contribution >= 0.6 is 0 Å². The van der Waals surface area contributed by atoms with Crippen molar-refractivity contribution in [1.82, 2.24) is 5.32 Å². The molecule has 110 valence electrons. The van der Waals surface area contributed by atoms with E-state index < -0.39 is 5.97 Å². The largest absolute Gasteiger partial charge is 0.481 e. The van der Waals surface area contributed by atoms with E-state index in [1.807, 2.05) is 42.2 Å². The molecule has 0 bridgehead atoms. The van der Waals surface area contributed by atoms with Crippen molar-refractivity contribution in [2.24, 2.45) is 0 Å². The summed E-state index contributed by atoms with van der Waals surface area (Å²) in [5.74, 6) is -0.848. The van der Waals surface area contributed by atoms with E-state index >= 15 is 0 Å². The van der Waals surface area contributed by atoms with Gasteiger partial charge in [0.25, 0.3) is 0 Å². The predicted molar refractivity (Wildman–Crippen MR) is 78.8 cm³/mol. The van der Waals surface area contributed by atoms with E-state index in [1.54, 1.807) is 0 Å². The number of amides is 1. The van der Waals surface area contributed by atoms with Crippen LogP contribution in [0.2, 0.25) is 0 Å². The molecule has 0 saturated carbocycles. The van der Waals surface area contributed by atoms with Gasteiger partial charge in [0.2, 0.25) is 5.91 Å². The minimum atomic E-state index is -0.812. The number of carbonyl (C=O) groups excluding carboxylic acids is 1. The molecular formula is C15H22N2O3. The number of benzene rings is 1. The van der Waals surface area contributed by atoms with E-state index in [4.69, 9.17) is 5.11 Å². The molecule has 0 heterocycles. The number of hydrogen-bond donors (Lipinski definition) is 2. The molecule has 1 rings (SSSR count). The minimum Gasteiger partial charge on any atom is -0.481 e. The molecule has 1 aromatic carbocycles. The second-order valence-electron chi connectivity index (χ2n) is 4.60. The van der Waals surface area contributed by atoms with Gasteiger partial charge in [0.1, 0.15) is 0 Å². The Labute approximate surface area is 119 Å². The molecule has 0 fully saturated rings. The number of carboxylic acid groups (broad SMARTS) is 1.